The normalized spacial score (nSPS) is 22.4. The SMILES string of the molecule is Cc1ccc2c(c1)C(C)(CCCCC(=O)O)C(C)N2/C=C/CCS(=O)(=O)O. The van der Waals surface area contributed by atoms with Gasteiger partial charge in [-0.05, 0) is 44.7 Å². The summed E-state index contributed by atoms with van der Waals surface area (Å²) in [5, 5.41) is 8.86. The molecule has 1 aliphatic heterocycles. The molecule has 2 N–H and O–H groups in total. The van der Waals surface area contributed by atoms with Crippen LogP contribution < -0.4 is 4.90 Å². The molecule has 0 radical (unpaired) electrons. The summed E-state index contributed by atoms with van der Waals surface area (Å²) in [4.78, 5) is 12.9. The van der Waals surface area contributed by atoms with Gasteiger partial charge >= 0.3 is 5.97 Å². The maximum Gasteiger partial charge on any atom is 0.303 e. The number of hydrogen-bond donors (Lipinski definition) is 2. The zero-order valence-corrected chi connectivity index (χ0v) is 17.0. The second kappa shape index (κ2) is 8.44. The van der Waals surface area contributed by atoms with Crippen LogP contribution in [-0.4, -0.2) is 35.8 Å². The predicted molar refractivity (Wildman–Crippen MR) is 107 cm³/mol. The number of allylic oxidation sites excluding steroid dienone is 1. The van der Waals surface area contributed by atoms with E-state index in [1.807, 2.05) is 6.20 Å². The first-order valence-corrected chi connectivity index (χ1v) is 10.9. The van der Waals surface area contributed by atoms with E-state index in [2.05, 4.69) is 43.9 Å². The van der Waals surface area contributed by atoms with Crippen molar-refractivity contribution in [3.63, 3.8) is 0 Å². The summed E-state index contributed by atoms with van der Waals surface area (Å²) in [6.07, 6.45) is 6.47. The molecule has 0 bridgehead atoms. The van der Waals surface area contributed by atoms with Crippen LogP contribution in [0.2, 0.25) is 0 Å². The average molecular weight is 396 g/mol. The third kappa shape index (κ3) is 5.32. The Morgan fingerprint density at radius 3 is 2.67 bits per heavy atom. The van der Waals surface area contributed by atoms with E-state index < -0.39 is 16.1 Å². The lowest BCUT2D eigenvalue weighted by molar-refractivity contribution is -0.137. The standard InChI is InChI=1S/C20H29NO5S/c1-15-9-10-18-17(14-15)20(3,11-5-4-8-19(22)23)16(2)21(18)12-6-7-13-27(24,25)26/h6,9-10,12,14,16H,4-5,7-8,11,13H2,1-3H3,(H,22,23)(H,24,25,26)/b12-6+. The maximum atomic E-state index is 10.9. The van der Waals surface area contributed by atoms with E-state index in [0.717, 1.165) is 18.5 Å². The summed E-state index contributed by atoms with van der Waals surface area (Å²) >= 11 is 0. The zero-order valence-electron chi connectivity index (χ0n) is 16.2. The van der Waals surface area contributed by atoms with Gasteiger partial charge in [0.15, 0.2) is 0 Å². The predicted octanol–water partition coefficient (Wildman–Crippen LogP) is 3.90. The van der Waals surface area contributed by atoms with Crippen LogP contribution in [0.4, 0.5) is 5.69 Å². The quantitative estimate of drug-likeness (QED) is 0.486. The van der Waals surface area contributed by atoms with Crippen LogP contribution >= 0.6 is 0 Å². The second-order valence-corrected chi connectivity index (χ2v) is 9.15. The molecular weight excluding hydrogens is 366 g/mol. The Bertz CT molecular complexity index is 818. The Kier molecular flexibility index (Phi) is 6.70. The van der Waals surface area contributed by atoms with Gasteiger partial charge in [-0.25, -0.2) is 0 Å². The van der Waals surface area contributed by atoms with Crippen LogP contribution in [-0.2, 0) is 20.3 Å². The molecule has 150 valence electrons. The van der Waals surface area contributed by atoms with E-state index >= 15 is 0 Å². The molecule has 2 atom stereocenters. The van der Waals surface area contributed by atoms with Crippen molar-refractivity contribution >= 4 is 21.8 Å². The maximum absolute atomic E-state index is 10.9. The number of nitrogens with zero attached hydrogens (tertiary/aromatic N) is 1. The molecule has 0 aromatic heterocycles. The first-order valence-electron chi connectivity index (χ1n) is 9.28. The van der Waals surface area contributed by atoms with Gasteiger partial charge in [0.2, 0.25) is 0 Å². The number of carboxylic acid groups (broad SMARTS) is 1. The molecule has 7 heteroatoms. The Balaban J connectivity index is 2.21. The lowest BCUT2D eigenvalue weighted by Crippen LogP contribution is -2.38. The fraction of sp³-hybridized carbons (Fsp3) is 0.550. The number of unbranched alkanes of at least 4 members (excludes halogenated alkanes) is 1. The molecule has 0 spiro atoms. The van der Waals surface area contributed by atoms with E-state index in [9.17, 15) is 13.2 Å². The number of hydrogen-bond acceptors (Lipinski definition) is 4. The van der Waals surface area contributed by atoms with Gasteiger partial charge in [0.25, 0.3) is 10.1 Å². The molecule has 0 saturated carbocycles. The van der Waals surface area contributed by atoms with Gasteiger partial charge in [-0.15, -0.1) is 0 Å². The molecule has 0 aliphatic carbocycles. The third-order valence-electron chi connectivity index (χ3n) is 5.53. The van der Waals surface area contributed by atoms with Crippen molar-refractivity contribution in [1.29, 1.82) is 0 Å². The molecule has 0 amide bonds. The molecule has 2 unspecified atom stereocenters. The number of aryl methyl sites for hydroxylation is 1. The van der Waals surface area contributed by atoms with Gasteiger partial charge in [0.1, 0.15) is 0 Å². The van der Waals surface area contributed by atoms with Crippen molar-refractivity contribution in [3.05, 3.63) is 41.6 Å². The number of carbonyl (C=O) groups is 1. The van der Waals surface area contributed by atoms with Crippen molar-refractivity contribution in [3.8, 4) is 0 Å². The first kappa shape index (κ1) is 21.4. The molecule has 1 heterocycles. The number of rotatable bonds is 9. The van der Waals surface area contributed by atoms with Crippen LogP contribution in [0.3, 0.4) is 0 Å². The van der Waals surface area contributed by atoms with Gasteiger partial charge in [-0.2, -0.15) is 8.42 Å². The molecular formula is C20H29NO5S. The van der Waals surface area contributed by atoms with Gasteiger partial charge in [-0.1, -0.05) is 37.1 Å². The van der Waals surface area contributed by atoms with Crippen LogP contribution in [0.5, 0.6) is 0 Å². The molecule has 0 fully saturated rings. The molecule has 1 aromatic rings. The van der Waals surface area contributed by atoms with Crippen molar-refractivity contribution in [2.75, 3.05) is 10.7 Å². The topological polar surface area (TPSA) is 94.9 Å². The molecule has 0 saturated heterocycles. The Morgan fingerprint density at radius 2 is 2.04 bits per heavy atom. The minimum absolute atomic E-state index is 0.118. The number of aliphatic carboxylic acids is 1. The Hall–Kier alpha value is -1.86. The van der Waals surface area contributed by atoms with Crippen molar-refractivity contribution < 1.29 is 22.9 Å². The highest BCUT2D eigenvalue weighted by molar-refractivity contribution is 7.85. The van der Waals surface area contributed by atoms with E-state index in [1.165, 1.54) is 11.1 Å². The molecule has 2 rings (SSSR count). The largest absolute Gasteiger partial charge is 0.481 e. The van der Waals surface area contributed by atoms with Crippen molar-refractivity contribution in [2.24, 2.45) is 0 Å². The fourth-order valence-electron chi connectivity index (χ4n) is 3.80. The van der Waals surface area contributed by atoms with Crippen LogP contribution in [0, 0.1) is 6.92 Å². The van der Waals surface area contributed by atoms with Gasteiger partial charge in [0, 0.05) is 29.8 Å². The molecule has 6 nitrogen and oxygen atoms in total. The van der Waals surface area contributed by atoms with Crippen LogP contribution in [0.1, 0.15) is 57.1 Å². The van der Waals surface area contributed by atoms with Gasteiger partial charge in [0.05, 0.1) is 5.75 Å². The highest BCUT2D eigenvalue weighted by atomic mass is 32.2. The zero-order chi connectivity index (χ0) is 20.2. The van der Waals surface area contributed by atoms with E-state index in [1.54, 1.807) is 6.08 Å². The number of anilines is 1. The smallest absolute Gasteiger partial charge is 0.303 e. The van der Waals surface area contributed by atoms with Gasteiger partial charge in [-0.3, -0.25) is 9.35 Å². The Labute approximate surface area is 161 Å². The van der Waals surface area contributed by atoms with E-state index in [0.29, 0.717) is 6.42 Å². The Morgan fingerprint density at radius 1 is 1.33 bits per heavy atom. The summed E-state index contributed by atoms with van der Waals surface area (Å²) in [6, 6.07) is 6.48. The highest BCUT2D eigenvalue weighted by Crippen LogP contribution is 2.48. The summed E-state index contributed by atoms with van der Waals surface area (Å²) in [6.45, 7) is 6.41. The number of fused-ring (bicyclic) bond motifs is 1. The molecule has 27 heavy (non-hydrogen) atoms. The van der Waals surface area contributed by atoms with Crippen molar-refractivity contribution in [1.82, 2.24) is 0 Å². The monoisotopic (exact) mass is 395 g/mol. The lowest BCUT2D eigenvalue weighted by Gasteiger charge is -2.33. The summed E-state index contributed by atoms with van der Waals surface area (Å²) in [7, 11) is -3.96. The average Bonchev–Trinajstić information content (AvgIpc) is 2.76. The summed E-state index contributed by atoms with van der Waals surface area (Å²) < 4.78 is 30.7. The first-order chi connectivity index (χ1) is 12.5. The molecule has 1 aromatic carbocycles. The van der Waals surface area contributed by atoms with Crippen LogP contribution in [0.15, 0.2) is 30.5 Å². The van der Waals surface area contributed by atoms with E-state index in [-0.39, 0.29) is 30.1 Å². The highest BCUT2D eigenvalue weighted by Gasteiger charge is 2.44. The van der Waals surface area contributed by atoms with Crippen molar-refractivity contribution in [2.45, 2.75) is 64.3 Å². The number of benzene rings is 1. The second-order valence-electron chi connectivity index (χ2n) is 7.58. The van der Waals surface area contributed by atoms with Crippen LogP contribution in [0.25, 0.3) is 0 Å². The minimum Gasteiger partial charge on any atom is -0.481 e. The number of carboxylic acids is 1. The van der Waals surface area contributed by atoms with E-state index in [4.69, 9.17) is 9.66 Å². The minimum atomic E-state index is -3.96. The summed E-state index contributed by atoms with van der Waals surface area (Å²) in [5.41, 5.74) is 3.39. The van der Waals surface area contributed by atoms with Gasteiger partial charge < -0.3 is 10.0 Å². The summed E-state index contributed by atoms with van der Waals surface area (Å²) in [5.74, 6) is -1.06. The lowest BCUT2D eigenvalue weighted by atomic mass is 9.74. The molecule has 1 aliphatic rings. The fourth-order valence-corrected chi connectivity index (χ4v) is 4.23. The third-order valence-corrected chi connectivity index (χ3v) is 6.28.